The Bertz CT molecular complexity index is 466. The van der Waals surface area contributed by atoms with E-state index in [9.17, 15) is 0 Å². The van der Waals surface area contributed by atoms with Crippen LogP contribution in [0.15, 0.2) is 21.2 Å². The van der Waals surface area contributed by atoms with Crippen LogP contribution in [0.5, 0.6) is 0 Å². The zero-order valence-corrected chi connectivity index (χ0v) is 10.0. The van der Waals surface area contributed by atoms with E-state index in [2.05, 4.69) is 34.6 Å². The molecule has 0 unspecified atom stereocenters. The lowest BCUT2D eigenvalue weighted by atomic mass is 9.83. The van der Waals surface area contributed by atoms with E-state index in [4.69, 9.17) is 8.83 Å². The van der Waals surface area contributed by atoms with Crippen molar-refractivity contribution in [3.63, 3.8) is 0 Å². The average molecular weight is 206 g/mol. The molecule has 2 heterocycles. The highest BCUT2D eigenvalue weighted by molar-refractivity contribution is 5.79. The van der Waals surface area contributed by atoms with Crippen LogP contribution in [0.25, 0.3) is 11.2 Å². The van der Waals surface area contributed by atoms with Crippen LogP contribution in [0.2, 0.25) is 0 Å². The Morgan fingerprint density at radius 2 is 1.87 bits per heavy atom. The third kappa shape index (κ3) is 1.58. The summed E-state index contributed by atoms with van der Waals surface area (Å²) < 4.78 is 11.1. The minimum absolute atomic E-state index is 0.0920. The van der Waals surface area contributed by atoms with Crippen molar-refractivity contribution in [1.29, 1.82) is 0 Å². The zero-order chi connectivity index (χ0) is 11.2. The summed E-state index contributed by atoms with van der Waals surface area (Å²) in [7, 11) is 0. The molecule has 0 saturated heterocycles. The molecule has 0 atom stereocenters. The molecule has 2 nitrogen and oxygen atoms in total. The molecule has 0 radical (unpaired) electrons. The molecule has 2 aromatic rings. The third-order valence-electron chi connectivity index (χ3n) is 2.62. The summed E-state index contributed by atoms with van der Waals surface area (Å²) in [6, 6.07) is 1.99. The Labute approximate surface area is 90.3 Å². The van der Waals surface area contributed by atoms with Crippen molar-refractivity contribution in [2.24, 2.45) is 0 Å². The molecule has 0 aliphatic rings. The van der Waals surface area contributed by atoms with E-state index in [-0.39, 0.29) is 5.41 Å². The van der Waals surface area contributed by atoms with Gasteiger partial charge in [0.05, 0.1) is 11.6 Å². The minimum atomic E-state index is 0.0920. The van der Waals surface area contributed by atoms with Crippen molar-refractivity contribution in [3.05, 3.63) is 23.7 Å². The van der Waals surface area contributed by atoms with E-state index in [0.29, 0.717) is 11.7 Å². The van der Waals surface area contributed by atoms with Gasteiger partial charge in [0.25, 0.3) is 5.78 Å². The molecule has 0 N–H and O–H groups in total. The quantitative estimate of drug-likeness (QED) is 0.689. The van der Waals surface area contributed by atoms with Crippen LogP contribution >= 0.6 is 0 Å². The van der Waals surface area contributed by atoms with Crippen LogP contribution in [0.1, 0.15) is 51.9 Å². The predicted molar refractivity (Wildman–Crippen MR) is 61.3 cm³/mol. The summed E-state index contributed by atoms with van der Waals surface area (Å²) in [4.78, 5) is 0. The summed E-state index contributed by atoms with van der Waals surface area (Å²) in [5.74, 6) is 2.10. The van der Waals surface area contributed by atoms with Crippen LogP contribution in [0, 0.1) is 0 Å². The van der Waals surface area contributed by atoms with E-state index < -0.39 is 0 Å². The Morgan fingerprint density at radius 1 is 1.20 bits per heavy atom. The number of hydrogen-bond donors (Lipinski definition) is 0. The summed E-state index contributed by atoms with van der Waals surface area (Å²) in [6.07, 6.45) is 1.69. The first kappa shape index (κ1) is 10.3. The molecule has 0 spiro atoms. The molecule has 15 heavy (non-hydrogen) atoms. The normalized spacial score (nSPS) is 12.9. The molecule has 82 valence electrons. The van der Waals surface area contributed by atoms with Crippen molar-refractivity contribution >= 4 is 11.2 Å². The molecule has 0 aliphatic heterocycles. The van der Waals surface area contributed by atoms with E-state index in [1.54, 1.807) is 6.26 Å². The molecule has 0 bridgehead atoms. The van der Waals surface area contributed by atoms with Crippen LogP contribution in [0.4, 0.5) is 0 Å². The van der Waals surface area contributed by atoms with Gasteiger partial charge < -0.3 is 8.83 Å². The topological polar surface area (TPSA) is 26.3 Å². The third-order valence-corrected chi connectivity index (χ3v) is 2.62. The fourth-order valence-corrected chi connectivity index (χ4v) is 2.02. The van der Waals surface area contributed by atoms with Crippen molar-refractivity contribution < 1.29 is 8.83 Å². The monoisotopic (exact) mass is 206 g/mol. The molecule has 0 aromatic carbocycles. The Morgan fingerprint density at radius 3 is 2.40 bits per heavy atom. The fraction of sp³-hybridized carbons (Fsp3) is 0.538. The van der Waals surface area contributed by atoms with Gasteiger partial charge in [0.2, 0.25) is 0 Å². The SMILES string of the molecule is CC(C)c1oc2occc2c1C(C)(C)C. The van der Waals surface area contributed by atoms with Crippen molar-refractivity contribution in [2.75, 3.05) is 0 Å². The van der Waals surface area contributed by atoms with Crippen molar-refractivity contribution in [3.8, 4) is 0 Å². The van der Waals surface area contributed by atoms with Gasteiger partial charge in [0.1, 0.15) is 5.76 Å². The van der Waals surface area contributed by atoms with Crippen LogP contribution < -0.4 is 0 Å². The van der Waals surface area contributed by atoms with E-state index in [0.717, 1.165) is 11.1 Å². The molecule has 0 aliphatic carbocycles. The lowest BCUT2D eigenvalue weighted by Gasteiger charge is -2.19. The highest BCUT2D eigenvalue weighted by Gasteiger charge is 2.27. The van der Waals surface area contributed by atoms with Gasteiger partial charge in [-0.1, -0.05) is 34.6 Å². The summed E-state index contributed by atoms with van der Waals surface area (Å²) >= 11 is 0. The highest BCUT2D eigenvalue weighted by Crippen LogP contribution is 2.39. The first-order chi connectivity index (χ1) is 6.91. The maximum atomic E-state index is 5.76. The smallest absolute Gasteiger partial charge is 0.297 e. The Kier molecular flexibility index (Phi) is 2.18. The largest absolute Gasteiger partial charge is 0.433 e. The van der Waals surface area contributed by atoms with Gasteiger partial charge in [-0.05, 0) is 11.5 Å². The lowest BCUT2D eigenvalue weighted by molar-refractivity contribution is 0.427. The second-order valence-electron chi connectivity index (χ2n) is 5.37. The molecule has 2 aromatic heterocycles. The predicted octanol–water partition coefficient (Wildman–Crippen LogP) is 4.45. The fourth-order valence-electron chi connectivity index (χ4n) is 2.02. The summed E-state index contributed by atoms with van der Waals surface area (Å²) in [5, 5.41) is 1.12. The van der Waals surface area contributed by atoms with Gasteiger partial charge in [-0.25, -0.2) is 0 Å². The first-order valence-corrected chi connectivity index (χ1v) is 5.41. The van der Waals surface area contributed by atoms with Gasteiger partial charge in [-0.2, -0.15) is 0 Å². The number of fused-ring (bicyclic) bond motifs is 1. The van der Waals surface area contributed by atoms with Crippen molar-refractivity contribution in [1.82, 2.24) is 0 Å². The van der Waals surface area contributed by atoms with Gasteiger partial charge in [-0.3, -0.25) is 0 Å². The number of rotatable bonds is 1. The van der Waals surface area contributed by atoms with Crippen LogP contribution in [-0.4, -0.2) is 0 Å². The molecule has 0 saturated carbocycles. The van der Waals surface area contributed by atoms with Gasteiger partial charge in [0, 0.05) is 11.5 Å². The number of furan rings is 2. The zero-order valence-electron chi connectivity index (χ0n) is 10.0. The van der Waals surface area contributed by atoms with Crippen LogP contribution in [-0.2, 0) is 5.41 Å². The number of hydrogen-bond acceptors (Lipinski definition) is 2. The summed E-state index contributed by atoms with van der Waals surface area (Å²) in [6.45, 7) is 10.9. The molecule has 2 rings (SSSR count). The Hall–Kier alpha value is -1.18. The van der Waals surface area contributed by atoms with Gasteiger partial charge in [-0.15, -0.1) is 0 Å². The molecule has 0 fully saturated rings. The van der Waals surface area contributed by atoms with Gasteiger partial charge >= 0.3 is 0 Å². The van der Waals surface area contributed by atoms with E-state index in [1.165, 1.54) is 5.56 Å². The average Bonchev–Trinajstić information content (AvgIpc) is 2.56. The second kappa shape index (κ2) is 3.16. The maximum absolute atomic E-state index is 5.76. The van der Waals surface area contributed by atoms with Crippen LogP contribution in [0.3, 0.4) is 0 Å². The van der Waals surface area contributed by atoms with Crippen molar-refractivity contribution in [2.45, 2.75) is 46.0 Å². The molecule has 2 heteroatoms. The summed E-state index contributed by atoms with van der Waals surface area (Å²) in [5.41, 5.74) is 1.37. The molecular formula is C13H18O2. The maximum Gasteiger partial charge on any atom is 0.297 e. The molecular weight excluding hydrogens is 188 g/mol. The first-order valence-electron chi connectivity index (χ1n) is 5.41. The van der Waals surface area contributed by atoms with E-state index >= 15 is 0 Å². The molecule has 0 amide bonds. The second-order valence-corrected chi connectivity index (χ2v) is 5.37. The Balaban J connectivity index is 2.75. The standard InChI is InChI=1S/C13H18O2/c1-8(2)11-10(13(3,4)5)9-6-7-14-12(9)15-11/h6-8H,1-5H3. The van der Waals surface area contributed by atoms with E-state index in [1.807, 2.05) is 6.07 Å². The highest BCUT2D eigenvalue weighted by atomic mass is 16.5. The minimum Gasteiger partial charge on any atom is -0.433 e. The van der Waals surface area contributed by atoms with Gasteiger partial charge in [0.15, 0.2) is 0 Å². The lowest BCUT2D eigenvalue weighted by Crippen LogP contribution is -2.13.